The van der Waals surface area contributed by atoms with Crippen LogP contribution in [-0.4, -0.2) is 0 Å². The van der Waals surface area contributed by atoms with Gasteiger partial charge in [0.2, 0.25) is 0 Å². The summed E-state index contributed by atoms with van der Waals surface area (Å²) < 4.78 is 0. The van der Waals surface area contributed by atoms with Crippen molar-refractivity contribution in [3.05, 3.63) is 287 Å². The summed E-state index contributed by atoms with van der Waals surface area (Å²) >= 11 is 0. The predicted molar refractivity (Wildman–Crippen MR) is 366 cm³/mol. The van der Waals surface area contributed by atoms with Gasteiger partial charge in [0, 0.05) is 21.7 Å². The van der Waals surface area contributed by atoms with Crippen molar-refractivity contribution in [2.45, 2.75) is 77.0 Å². The van der Waals surface area contributed by atoms with Crippen molar-refractivity contribution in [1.29, 1.82) is 0 Å². The standard InChI is InChI=1S/C86H64/c1-83(2)69-33-19-17-22-53(69)55-40-36-49(44-72(55)83)77-58-24-9-11-26-60(58)79(61-27-12-10-25-59(61)77)51-38-42-57-68-48-76-81(67-32-21-35-71(82(67)68)85(5,6)74(57)46-51)66-43-39-52(47-75(66)86(76,7)8)80-64-30-15-13-28-62(64)78(63-29-14-16-31-65(63)80)50-37-41-56-54-23-18-20-34-70(54)84(3,4)73(56)45-50/h9-48H,1-8H3. The van der Waals surface area contributed by atoms with Gasteiger partial charge >= 0.3 is 0 Å². The summed E-state index contributed by atoms with van der Waals surface area (Å²) in [6, 6.07) is 93.7. The number of rotatable bonds is 4. The van der Waals surface area contributed by atoms with Crippen LogP contribution in [0.1, 0.15) is 99.9 Å². The van der Waals surface area contributed by atoms with E-state index in [0.717, 1.165) is 0 Å². The summed E-state index contributed by atoms with van der Waals surface area (Å²) in [5.41, 5.74) is 31.5. The van der Waals surface area contributed by atoms with Gasteiger partial charge < -0.3 is 0 Å². The van der Waals surface area contributed by atoms with Gasteiger partial charge in [-0.05, 0) is 218 Å². The summed E-state index contributed by atoms with van der Waals surface area (Å²) in [6.07, 6.45) is 0. The van der Waals surface area contributed by atoms with Gasteiger partial charge in [-0.3, -0.25) is 0 Å². The topological polar surface area (TPSA) is 0 Å². The molecule has 0 amide bonds. The van der Waals surface area contributed by atoms with Crippen molar-refractivity contribution in [3.8, 4) is 89.0 Å². The van der Waals surface area contributed by atoms with E-state index in [1.807, 2.05) is 0 Å². The molecular weight excluding hydrogens is 1030 g/mol. The van der Waals surface area contributed by atoms with Crippen LogP contribution in [0, 0.1) is 0 Å². The van der Waals surface area contributed by atoms with Crippen LogP contribution in [0.5, 0.6) is 0 Å². The Morgan fingerprint density at radius 1 is 0.174 bits per heavy atom. The number of benzene rings is 14. The molecular formula is C86H64. The molecule has 0 unspecified atom stereocenters. The van der Waals surface area contributed by atoms with Gasteiger partial charge in [-0.2, -0.15) is 0 Å². The maximum atomic E-state index is 2.60. The van der Waals surface area contributed by atoms with Gasteiger partial charge in [0.25, 0.3) is 0 Å². The highest BCUT2D eigenvalue weighted by Gasteiger charge is 2.42. The van der Waals surface area contributed by atoms with Crippen LogP contribution in [0.4, 0.5) is 0 Å². The fraction of sp³-hybridized carbons (Fsp3) is 0.140. The number of hydrogen-bond acceptors (Lipinski definition) is 0. The molecule has 0 spiro atoms. The summed E-state index contributed by atoms with van der Waals surface area (Å²) in [5.74, 6) is 0. The van der Waals surface area contributed by atoms with Crippen molar-refractivity contribution in [3.63, 3.8) is 0 Å². The van der Waals surface area contributed by atoms with Crippen molar-refractivity contribution in [2.24, 2.45) is 0 Å². The molecule has 0 atom stereocenters. The van der Waals surface area contributed by atoms with Crippen LogP contribution in [0.3, 0.4) is 0 Å². The number of fused-ring (bicyclic) bond motifs is 16. The lowest BCUT2D eigenvalue weighted by atomic mass is 9.66. The van der Waals surface area contributed by atoms with Gasteiger partial charge in [0.05, 0.1) is 0 Å². The van der Waals surface area contributed by atoms with E-state index >= 15 is 0 Å². The fourth-order valence-corrected chi connectivity index (χ4v) is 17.4. The van der Waals surface area contributed by atoms with Crippen LogP contribution in [0.15, 0.2) is 243 Å². The quantitative estimate of drug-likeness (QED) is 0.154. The Morgan fingerprint density at radius 2 is 0.442 bits per heavy atom. The Bertz CT molecular complexity index is 5280. The molecule has 0 aromatic heterocycles. The molecule has 14 aromatic rings. The van der Waals surface area contributed by atoms with Gasteiger partial charge in [-0.15, -0.1) is 0 Å². The van der Waals surface area contributed by atoms with Crippen LogP contribution in [0.25, 0.3) is 143 Å². The zero-order valence-corrected chi connectivity index (χ0v) is 50.1. The van der Waals surface area contributed by atoms with E-state index in [1.54, 1.807) is 0 Å². The SMILES string of the molecule is CC1(C)c2ccccc2-c2ccc(-c3c4ccccc4c(-c4ccc5c(c4)C(C)(C)c4cc6c7c(cccc7c4-5)C(C)(C)c4cc(-c5c7ccccc7c(-c7ccc8c(c7)C(C)(C)c7ccccc7-8)c7ccccc57)ccc4-6)c4ccccc34)cc21. The molecule has 86 heavy (non-hydrogen) atoms. The Morgan fingerprint density at radius 3 is 0.826 bits per heavy atom. The van der Waals surface area contributed by atoms with Crippen LogP contribution >= 0.6 is 0 Å². The molecule has 18 rings (SSSR count). The first kappa shape index (κ1) is 49.8. The maximum absolute atomic E-state index is 2.60. The van der Waals surface area contributed by atoms with E-state index in [4.69, 9.17) is 0 Å². The third-order valence-electron chi connectivity index (χ3n) is 21.6. The van der Waals surface area contributed by atoms with E-state index in [0.29, 0.717) is 0 Å². The molecule has 0 bridgehead atoms. The van der Waals surface area contributed by atoms with E-state index in [1.165, 1.54) is 187 Å². The molecule has 408 valence electrons. The van der Waals surface area contributed by atoms with Crippen LogP contribution in [-0.2, 0) is 21.7 Å². The largest absolute Gasteiger partial charge is 0.0619 e. The molecule has 4 aliphatic carbocycles. The molecule has 0 heteroatoms. The molecule has 14 aromatic carbocycles. The molecule has 0 saturated carbocycles. The first-order chi connectivity index (χ1) is 41.7. The van der Waals surface area contributed by atoms with E-state index in [9.17, 15) is 0 Å². The Labute approximate surface area is 504 Å². The Hall–Kier alpha value is -9.62. The monoisotopic (exact) mass is 1100 g/mol. The van der Waals surface area contributed by atoms with E-state index < -0.39 is 0 Å². The zero-order valence-electron chi connectivity index (χ0n) is 50.1. The molecule has 0 aliphatic heterocycles. The van der Waals surface area contributed by atoms with Gasteiger partial charge in [0.1, 0.15) is 0 Å². The van der Waals surface area contributed by atoms with Gasteiger partial charge in [0.15, 0.2) is 0 Å². The van der Waals surface area contributed by atoms with Crippen LogP contribution in [0.2, 0.25) is 0 Å². The van der Waals surface area contributed by atoms with E-state index in [2.05, 4.69) is 298 Å². The molecule has 0 saturated heterocycles. The summed E-state index contributed by atoms with van der Waals surface area (Å²) in [6.45, 7) is 19.4. The highest BCUT2D eigenvalue weighted by molar-refractivity contribution is 6.24. The van der Waals surface area contributed by atoms with Crippen molar-refractivity contribution in [1.82, 2.24) is 0 Å². The smallest absolute Gasteiger partial charge is 0.0159 e. The fourth-order valence-electron chi connectivity index (χ4n) is 17.4. The molecule has 0 radical (unpaired) electrons. The molecule has 4 aliphatic rings. The van der Waals surface area contributed by atoms with Crippen molar-refractivity contribution in [2.75, 3.05) is 0 Å². The highest BCUT2D eigenvalue weighted by Crippen LogP contribution is 2.60. The maximum Gasteiger partial charge on any atom is 0.0159 e. The van der Waals surface area contributed by atoms with Crippen LogP contribution < -0.4 is 0 Å². The highest BCUT2D eigenvalue weighted by atomic mass is 14.5. The van der Waals surface area contributed by atoms with E-state index in [-0.39, 0.29) is 21.7 Å². The lowest BCUT2D eigenvalue weighted by Crippen LogP contribution is -2.24. The predicted octanol–water partition coefficient (Wildman–Crippen LogP) is 23.3. The first-order valence-electron chi connectivity index (χ1n) is 31.0. The first-order valence-corrected chi connectivity index (χ1v) is 31.0. The van der Waals surface area contributed by atoms with Crippen molar-refractivity contribution < 1.29 is 0 Å². The lowest BCUT2D eigenvalue weighted by molar-refractivity contribution is 0.644. The molecule has 0 N–H and O–H groups in total. The third-order valence-corrected chi connectivity index (χ3v) is 21.6. The molecule has 0 fully saturated rings. The third kappa shape index (κ3) is 6.39. The minimum absolute atomic E-state index is 0.0900. The Kier molecular flexibility index (Phi) is 9.87. The summed E-state index contributed by atoms with van der Waals surface area (Å²) in [7, 11) is 0. The zero-order chi connectivity index (χ0) is 57.9. The Balaban J connectivity index is 0.777. The second-order valence-corrected chi connectivity index (χ2v) is 27.4. The normalized spacial score (nSPS) is 15.6. The minimum atomic E-state index is -0.275. The average molecular weight is 1100 g/mol. The average Bonchev–Trinajstić information content (AvgIpc) is 1.36. The second kappa shape index (κ2) is 17.1. The second-order valence-electron chi connectivity index (χ2n) is 27.4. The minimum Gasteiger partial charge on any atom is -0.0619 e. The summed E-state index contributed by atoms with van der Waals surface area (Å²) in [5, 5.41) is 13.0. The summed E-state index contributed by atoms with van der Waals surface area (Å²) in [4.78, 5) is 0. The van der Waals surface area contributed by atoms with Gasteiger partial charge in [-0.1, -0.05) is 268 Å². The molecule has 0 nitrogen and oxygen atoms in total. The van der Waals surface area contributed by atoms with Gasteiger partial charge in [-0.25, -0.2) is 0 Å². The van der Waals surface area contributed by atoms with Crippen molar-refractivity contribution >= 4 is 53.9 Å². The molecule has 0 heterocycles. The number of hydrogen-bond donors (Lipinski definition) is 0. The lowest BCUT2D eigenvalue weighted by Gasteiger charge is -2.36.